The Morgan fingerprint density at radius 1 is 1.14 bits per heavy atom. The summed E-state index contributed by atoms with van der Waals surface area (Å²) in [6.45, 7) is 12.2. The zero-order valence-corrected chi connectivity index (χ0v) is 15.7. The summed E-state index contributed by atoms with van der Waals surface area (Å²) in [4.78, 5) is 11.2. The number of carbonyl (C=O) groups is 1. The van der Waals surface area contributed by atoms with Gasteiger partial charge in [-0.1, -0.05) is 53.7 Å². The van der Waals surface area contributed by atoms with Gasteiger partial charge in [-0.25, -0.2) is 4.79 Å². The predicted octanol–water partition coefficient (Wildman–Crippen LogP) is 3.53. The molecule has 122 valence electrons. The third kappa shape index (κ3) is 4.46. The van der Waals surface area contributed by atoms with Gasteiger partial charge in [-0.3, -0.25) is 0 Å². The van der Waals surface area contributed by atoms with Crippen LogP contribution in [0.2, 0.25) is 0 Å². The molecule has 1 aromatic carbocycles. The lowest BCUT2D eigenvalue weighted by molar-refractivity contribution is -0.136. The maximum Gasteiger partial charge on any atom is 0.369 e. The molecule has 0 saturated carbocycles. The van der Waals surface area contributed by atoms with Gasteiger partial charge in [-0.15, -0.1) is 0 Å². The first-order valence-electron chi connectivity index (χ1n) is 7.26. The molecule has 1 atom stereocenters. The van der Waals surface area contributed by atoms with Crippen LogP contribution in [0.1, 0.15) is 58.2 Å². The number of benzene rings is 1. The van der Waals surface area contributed by atoms with Crippen LogP contribution >= 0.6 is 0 Å². The average molecular weight is 342 g/mol. The van der Waals surface area contributed by atoms with Crippen molar-refractivity contribution in [1.29, 1.82) is 0 Å². The van der Waals surface area contributed by atoms with E-state index in [9.17, 15) is 15.0 Å². The minimum atomic E-state index is -0.900. The van der Waals surface area contributed by atoms with Crippen LogP contribution in [0.3, 0.4) is 0 Å². The Balaban J connectivity index is 3.48. The van der Waals surface area contributed by atoms with Crippen LogP contribution in [0.4, 0.5) is 0 Å². The fraction of sp³-hybridized carbons (Fsp3) is 0.588. The highest BCUT2D eigenvalue weighted by atomic mass is 32.8. The lowest BCUT2D eigenvalue weighted by atomic mass is 9.78. The molecule has 0 heterocycles. The molecule has 5 heteroatoms. The van der Waals surface area contributed by atoms with Crippen molar-refractivity contribution in [2.24, 2.45) is 0 Å². The number of hydrogen-bond donors (Lipinski definition) is 2. The molecule has 22 heavy (non-hydrogen) atoms. The number of phenolic OH excluding ortho intramolecular Hbond substituents is 1. The highest BCUT2D eigenvalue weighted by Gasteiger charge is 2.31. The standard InChI is InChI=1S/C17H24O3S2/c1-16(2,3)11-7-10(9-13(22-21)15(19)20)8-12(14(11)18)17(4,5)6/h7-8,13H,9H2,1-6H3,(H-,18,19,20)/p+1. The first-order chi connectivity index (χ1) is 9.87. The van der Waals surface area contributed by atoms with Crippen molar-refractivity contribution in [2.45, 2.75) is 64.0 Å². The maximum atomic E-state index is 11.2. The second-order valence-electron chi connectivity index (χ2n) is 7.67. The topological polar surface area (TPSA) is 57.5 Å². The van der Waals surface area contributed by atoms with E-state index in [1.807, 2.05) is 53.7 Å². The van der Waals surface area contributed by atoms with Crippen LogP contribution in [-0.2, 0) is 43.6 Å². The Morgan fingerprint density at radius 2 is 1.55 bits per heavy atom. The van der Waals surface area contributed by atoms with Gasteiger partial charge in [0.2, 0.25) is 0 Å². The van der Waals surface area contributed by atoms with Crippen molar-refractivity contribution in [1.82, 2.24) is 0 Å². The van der Waals surface area contributed by atoms with Crippen molar-refractivity contribution >= 4 is 27.5 Å². The molecule has 0 aliphatic carbocycles. The van der Waals surface area contributed by atoms with E-state index < -0.39 is 11.2 Å². The fourth-order valence-corrected chi connectivity index (χ4v) is 3.13. The fourth-order valence-electron chi connectivity index (χ4n) is 2.33. The highest BCUT2D eigenvalue weighted by Crippen LogP contribution is 2.40. The van der Waals surface area contributed by atoms with Crippen LogP contribution < -0.4 is 0 Å². The average Bonchev–Trinajstić information content (AvgIpc) is 2.34. The van der Waals surface area contributed by atoms with Crippen LogP contribution in [-0.4, -0.2) is 21.4 Å². The molecule has 0 aliphatic heterocycles. The highest BCUT2D eigenvalue weighted by molar-refractivity contribution is 8.18. The van der Waals surface area contributed by atoms with Gasteiger partial charge < -0.3 is 10.2 Å². The SMILES string of the molecule is CC(C)(C)c1cc(CC([S+]=S)C(=O)O)cc(C(C)(C)C)c1O. The number of aliphatic carboxylic acids is 1. The Bertz CT molecular complexity index is 546. The van der Waals surface area contributed by atoms with Crippen molar-refractivity contribution in [3.05, 3.63) is 28.8 Å². The summed E-state index contributed by atoms with van der Waals surface area (Å²) in [5.74, 6) is -0.593. The number of phenols is 1. The maximum absolute atomic E-state index is 11.2. The molecule has 0 aromatic heterocycles. The first kappa shape index (κ1) is 19.0. The lowest BCUT2D eigenvalue weighted by Crippen LogP contribution is -2.23. The molecule has 0 amide bonds. The van der Waals surface area contributed by atoms with E-state index in [0.29, 0.717) is 12.2 Å². The molecule has 3 nitrogen and oxygen atoms in total. The number of rotatable bonds is 4. The van der Waals surface area contributed by atoms with Gasteiger partial charge in [-0.2, -0.15) is 0 Å². The van der Waals surface area contributed by atoms with Gasteiger partial charge in [0.05, 0.1) is 0 Å². The molecule has 0 saturated heterocycles. The van der Waals surface area contributed by atoms with Gasteiger partial charge in [0.15, 0.2) is 0 Å². The monoisotopic (exact) mass is 341 g/mol. The molecule has 0 aliphatic rings. The van der Waals surface area contributed by atoms with E-state index in [0.717, 1.165) is 27.0 Å². The van der Waals surface area contributed by atoms with Crippen LogP contribution in [0.15, 0.2) is 12.1 Å². The van der Waals surface area contributed by atoms with Crippen LogP contribution in [0.5, 0.6) is 5.75 Å². The molecule has 0 spiro atoms. The molecule has 1 aromatic rings. The smallest absolute Gasteiger partial charge is 0.369 e. The van der Waals surface area contributed by atoms with E-state index >= 15 is 0 Å². The van der Waals surface area contributed by atoms with Gasteiger partial charge in [0.1, 0.15) is 5.75 Å². The minimum absolute atomic E-state index is 0.222. The molecule has 0 fully saturated rings. The van der Waals surface area contributed by atoms with Crippen LogP contribution in [0, 0.1) is 0 Å². The molecule has 2 N–H and O–H groups in total. The molecule has 0 bridgehead atoms. The summed E-state index contributed by atoms with van der Waals surface area (Å²) >= 11 is 4.87. The number of carboxylic acid groups (broad SMARTS) is 1. The van der Waals surface area contributed by atoms with E-state index in [2.05, 4.69) is 0 Å². The Kier molecular flexibility index (Phi) is 5.68. The second kappa shape index (κ2) is 6.59. The summed E-state index contributed by atoms with van der Waals surface area (Å²) in [6.07, 6.45) is 0.357. The number of carboxylic acids is 1. The summed E-state index contributed by atoms with van der Waals surface area (Å²) in [5.41, 5.74) is 2.14. The predicted molar refractivity (Wildman–Crippen MR) is 95.4 cm³/mol. The van der Waals surface area contributed by atoms with Crippen molar-refractivity contribution in [3.8, 4) is 5.75 Å². The number of hydrogen-bond acceptors (Lipinski definition) is 3. The van der Waals surface area contributed by atoms with E-state index in [-0.39, 0.29) is 10.8 Å². The van der Waals surface area contributed by atoms with Gasteiger partial charge in [0.25, 0.3) is 21.5 Å². The lowest BCUT2D eigenvalue weighted by Gasteiger charge is -2.28. The summed E-state index contributed by atoms with van der Waals surface area (Å²) in [7, 11) is 0.925. The van der Waals surface area contributed by atoms with E-state index in [1.54, 1.807) is 0 Å². The zero-order chi connectivity index (χ0) is 17.3. The van der Waals surface area contributed by atoms with Gasteiger partial charge in [-0.05, 0) is 27.5 Å². The van der Waals surface area contributed by atoms with Gasteiger partial charge >= 0.3 is 11.2 Å². The van der Waals surface area contributed by atoms with Crippen molar-refractivity contribution in [2.75, 3.05) is 0 Å². The van der Waals surface area contributed by atoms with Crippen LogP contribution in [0.25, 0.3) is 0 Å². The van der Waals surface area contributed by atoms with Crippen molar-refractivity contribution < 1.29 is 15.0 Å². The Labute approximate surface area is 141 Å². The molecular weight excluding hydrogens is 316 g/mol. The van der Waals surface area contributed by atoms with Crippen molar-refractivity contribution in [3.63, 3.8) is 0 Å². The first-order valence-corrected chi connectivity index (χ1v) is 9.06. The van der Waals surface area contributed by atoms with E-state index in [4.69, 9.17) is 11.2 Å². The summed E-state index contributed by atoms with van der Waals surface area (Å²) in [6, 6.07) is 3.82. The quantitative estimate of drug-likeness (QED) is 0.823. The Morgan fingerprint density at radius 3 is 1.82 bits per heavy atom. The molecule has 1 rings (SSSR count). The third-order valence-corrected chi connectivity index (χ3v) is 4.90. The molecule has 0 radical (unpaired) electrons. The Hall–Kier alpha value is -1.07. The molecular formula is C17H25O3S2+. The summed E-state index contributed by atoms with van der Waals surface area (Å²) in [5, 5.41) is 19.2. The van der Waals surface area contributed by atoms with E-state index in [1.165, 1.54) is 0 Å². The minimum Gasteiger partial charge on any atom is -0.507 e. The third-order valence-electron chi connectivity index (χ3n) is 3.60. The second-order valence-corrected chi connectivity index (χ2v) is 9.01. The normalized spacial score (nSPS) is 13.7. The number of aromatic hydroxyl groups is 1. The largest absolute Gasteiger partial charge is 0.507 e. The summed E-state index contributed by atoms with van der Waals surface area (Å²) < 4.78 is 0. The molecule has 1 unspecified atom stereocenters. The zero-order valence-electron chi connectivity index (χ0n) is 14.1. The van der Waals surface area contributed by atoms with Gasteiger partial charge in [0, 0.05) is 6.42 Å².